The van der Waals surface area contributed by atoms with Gasteiger partial charge in [-0.15, -0.1) is 0 Å². The molecule has 0 bridgehead atoms. The van der Waals surface area contributed by atoms with Gasteiger partial charge in [-0.05, 0) is 74.8 Å². The zero-order valence-electron chi connectivity index (χ0n) is 14.7. The first-order valence-electron chi connectivity index (χ1n) is 9.32. The molecule has 0 spiro atoms. The van der Waals surface area contributed by atoms with Crippen LogP contribution in [0.25, 0.3) is 0 Å². The van der Waals surface area contributed by atoms with Crippen molar-refractivity contribution in [2.45, 2.75) is 52.4 Å². The Kier molecular flexibility index (Phi) is 5.62. The first-order chi connectivity index (χ1) is 11.6. The maximum Gasteiger partial charge on any atom is 0.204 e. The van der Waals surface area contributed by atoms with E-state index >= 15 is 0 Å². The molecule has 0 saturated heterocycles. The fourth-order valence-electron chi connectivity index (χ4n) is 4.47. The van der Waals surface area contributed by atoms with Crippen molar-refractivity contribution in [2.24, 2.45) is 23.7 Å². The lowest BCUT2D eigenvalue weighted by atomic mass is 9.65. The van der Waals surface area contributed by atoms with Gasteiger partial charge < -0.3 is 9.47 Å². The third kappa shape index (κ3) is 3.84. The molecule has 4 heteroatoms. The number of hydrogen-bond acceptors (Lipinski definition) is 2. The van der Waals surface area contributed by atoms with Crippen molar-refractivity contribution >= 4 is 0 Å². The number of hydrogen-bond donors (Lipinski definition) is 0. The molecule has 4 unspecified atom stereocenters. The lowest BCUT2D eigenvalue weighted by molar-refractivity contribution is 0.0801. The zero-order valence-corrected chi connectivity index (χ0v) is 14.7. The summed E-state index contributed by atoms with van der Waals surface area (Å²) in [7, 11) is 0. The van der Waals surface area contributed by atoms with Gasteiger partial charge in [0.2, 0.25) is 11.6 Å². The number of benzene rings is 1. The predicted octanol–water partition coefficient (Wildman–Crippen LogP) is 5.59. The van der Waals surface area contributed by atoms with E-state index in [2.05, 4.69) is 6.92 Å². The minimum absolute atomic E-state index is 0.00431. The normalized spacial score (nSPS) is 29.8. The molecule has 2 aliphatic rings. The molecule has 0 aliphatic heterocycles. The summed E-state index contributed by atoms with van der Waals surface area (Å²) in [4.78, 5) is 0. The minimum atomic E-state index is -0.959. The van der Waals surface area contributed by atoms with Gasteiger partial charge in [0.1, 0.15) is 0 Å². The summed E-state index contributed by atoms with van der Waals surface area (Å²) in [5, 5.41) is 0. The smallest absolute Gasteiger partial charge is 0.204 e. The SMILES string of the molecule is CCOc1ccc(OCC2CCC3CC(C)CCC3C2)c(F)c1F. The number of rotatable bonds is 5. The Morgan fingerprint density at radius 1 is 0.917 bits per heavy atom. The molecule has 0 radical (unpaired) electrons. The quantitative estimate of drug-likeness (QED) is 0.696. The fraction of sp³-hybridized carbons (Fsp3) is 0.700. The highest BCUT2D eigenvalue weighted by atomic mass is 19.2. The second kappa shape index (κ2) is 7.71. The number of halogens is 2. The van der Waals surface area contributed by atoms with E-state index in [1.54, 1.807) is 6.92 Å². The van der Waals surface area contributed by atoms with E-state index < -0.39 is 11.6 Å². The van der Waals surface area contributed by atoms with Crippen LogP contribution in [-0.4, -0.2) is 13.2 Å². The van der Waals surface area contributed by atoms with Crippen LogP contribution < -0.4 is 9.47 Å². The molecule has 0 N–H and O–H groups in total. The molecular weight excluding hydrogens is 310 g/mol. The Hall–Kier alpha value is -1.32. The highest BCUT2D eigenvalue weighted by Gasteiger charge is 2.34. The van der Waals surface area contributed by atoms with Crippen LogP contribution in [0.1, 0.15) is 52.4 Å². The number of ether oxygens (including phenoxy) is 2. The van der Waals surface area contributed by atoms with Crippen LogP contribution in [-0.2, 0) is 0 Å². The highest BCUT2D eigenvalue weighted by molar-refractivity contribution is 5.35. The molecule has 0 amide bonds. The lowest BCUT2D eigenvalue weighted by Crippen LogP contribution is -2.32. The van der Waals surface area contributed by atoms with Crippen molar-refractivity contribution in [3.8, 4) is 11.5 Å². The molecule has 2 aliphatic carbocycles. The predicted molar refractivity (Wildman–Crippen MR) is 90.4 cm³/mol. The lowest BCUT2D eigenvalue weighted by Gasteiger charge is -2.41. The summed E-state index contributed by atoms with van der Waals surface area (Å²) in [5.41, 5.74) is 0. The Morgan fingerprint density at radius 2 is 1.54 bits per heavy atom. The first kappa shape index (κ1) is 17.5. The molecule has 1 aromatic carbocycles. The summed E-state index contributed by atoms with van der Waals surface area (Å²) in [6, 6.07) is 2.91. The van der Waals surface area contributed by atoms with Gasteiger partial charge in [-0.2, -0.15) is 8.78 Å². The molecule has 134 valence electrons. The topological polar surface area (TPSA) is 18.5 Å². The van der Waals surface area contributed by atoms with Crippen LogP contribution in [0, 0.1) is 35.3 Å². The number of fused-ring (bicyclic) bond motifs is 1. The highest BCUT2D eigenvalue weighted by Crippen LogP contribution is 2.44. The summed E-state index contributed by atoms with van der Waals surface area (Å²) >= 11 is 0. The van der Waals surface area contributed by atoms with Crippen LogP contribution in [0.2, 0.25) is 0 Å². The molecule has 2 nitrogen and oxygen atoms in total. The molecule has 3 rings (SSSR count). The van der Waals surface area contributed by atoms with Gasteiger partial charge in [0.05, 0.1) is 13.2 Å². The molecule has 24 heavy (non-hydrogen) atoms. The minimum Gasteiger partial charge on any atom is -0.491 e. The van der Waals surface area contributed by atoms with E-state index in [1.165, 1.54) is 44.2 Å². The average molecular weight is 338 g/mol. The Balaban J connectivity index is 1.56. The summed E-state index contributed by atoms with van der Waals surface area (Å²) < 4.78 is 38.6. The third-order valence-corrected chi connectivity index (χ3v) is 5.77. The molecular formula is C20H28F2O2. The maximum atomic E-state index is 14.1. The monoisotopic (exact) mass is 338 g/mol. The van der Waals surface area contributed by atoms with E-state index in [9.17, 15) is 8.78 Å². The largest absolute Gasteiger partial charge is 0.491 e. The van der Waals surface area contributed by atoms with Gasteiger partial charge in [-0.1, -0.05) is 13.3 Å². The van der Waals surface area contributed by atoms with E-state index in [4.69, 9.17) is 9.47 Å². The Bertz CT molecular complexity index is 561. The van der Waals surface area contributed by atoms with E-state index in [-0.39, 0.29) is 11.5 Å². The van der Waals surface area contributed by atoms with E-state index in [1.807, 2.05) is 0 Å². The van der Waals surface area contributed by atoms with Crippen molar-refractivity contribution < 1.29 is 18.3 Å². The van der Waals surface area contributed by atoms with Gasteiger partial charge >= 0.3 is 0 Å². The summed E-state index contributed by atoms with van der Waals surface area (Å²) in [5.74, 6) is 1.01. The van der Waals surface area contributed by atoms with Gasteiger partial charge in [-0.3, -0.25) is 0 Å². The van der Waals surface area contributed by atoms with Gasteiger partial charge in [0.25, 0.3) is 0 Å². The first-order valence-corrected chi connectivity index (χ1v) is 9.32. The van der Waals surface area contributed by atoms with Crippen molar-refractivity contribution in [3.05, 3.63) is 23.8 Å². The molecule has 0 aromatic heterocycles. The van der Waals surface area contributed by atoms with Crippen molar-refractivity contribution in [3.63, 3.8) is 0 Å². The second-order valence-corrected chi connectivity index (χ2v) is 7.55. The van der Waals surface area contributed by atoms with Crippen molar-refractivity contribution in [1.29, 1.82) is 0 Å². The molecule has 4 atom stereocenters. The average Bonchev–Trinajstić information content (AvgIpc) is 2.58. The van der Waals surface area contributed by atoms with Gasteiger partial charge in [-0.25, -0.2) is 0 Å². The molecule has 2 saturated carbocycles. The van der Waals surface area contributed by atoms with Crippen LogP contribution in [0.5, 0.6) is 11.5 Å². The summed E-state index contributed by atoms with van der Waals surface area (Å²) in [6.45, 7) is 4.88. The zero-order chi connectivity index (χ0) is 17.1. The summed E-state index contributed by atoms with van der Waals surface area (Å²) in [6.07, 6.45) is 7.55. The molecule has 0 heterocycles. The van der Waals surface area contributed by atoms with Crippen molar-refractivity contribution in [2.75, 3.05) is 13.2 Å². The second-order valence-electron chi connectivity index (χ2n) is 7.55. The van der Waals surface area contributed by atoms with Crippen LogP contribution in [0.15, 0.2) is 12.1 Å². The van der Waals surface area contributed by atoms with Crippen molar-refractivity contribution in [1.82, 2.24) is 0 Å². The van der Waals surface area contributed by atoms with Gasteiger partial charge in [0.15, 0.2) is 11.5 Å². The maximum absolute atomic E-state index is 14.1. The molecule has 2 fully saturated rings. The van der Waals surface area contributed by atoms with Crippen LogP contribution >= 0.6 is 0 Å². The van der Waals surface area contributed by atoms with E-state index in [0.29, 0.717) is 19.1 Å². The Labute approximate surface area is 143 Å². The van der Waals surface area contributed by atoms with Crippen LogP contribution in [0.3, 0.4) is 0 Å². The fourth-order valence-corrected chi connectivity index (χ4v) is 4.47. The van der Waals surface area contributed by atoms with Gasteiger partial charge in [0, 0.05) is 0 Å². The third-order valence-electron chi connectivity index (χ3n) is 5.77. The van der Waals surface area contributed by atoms with E-state index in [0.717, 1.165) is 24.2 Å². The standard InChI is InChI=1S/C20H28F2O2/c1-3-23-17-8-9-18(20(22)19(17)21)24-12-14-5-7-15-10-13(2)4-6-16(15)11-14/h8-9,13-16H,3-7,10-12H2,1-2H3. The van der Waals surface area contributed by atoms with Crippen LogP contribution in [0.4, 0.5) is 8.78 Å². The molecule has 1 aromatic rings. The Morgan fingerprint density at radius 3 is 2.25 bits per heavy atom.